The molecule has 0 bridgehead atoms. The summed E-state index contributed by atoms with van der Waals surface area (Å²) in [6.07, 6.45) is 0.272. The molecule has 0 aliphatic carbocycles. The number of hydrogen-bond donors (Lipinski definition) is 2. The smallest absolute Gasteiger partial charge is 0.311 e. The molecule has 11 heteroatoms. The summed E-state index contributed by atoms with van der Waals surface area (Å²) in [5.41, 5.74) is 1.91. The zero-order chi connectivity index (χ0) is 30.4. The highest BCUT2D eigenvalue weighted by Gasteiger charge is 2.39. The maximum Gasteiger partial charge on any atom is 0.311 e. The molecular weight excluding hydrogens is 542 g/mol. The van der Waals surface area contributed by atoms with Gasteiger partial charge in [-0.1, -0.05) is 18.1 Å². The Bertz CT molecular complexity index is 1490. The molecule has 4 rings (SSSR count). The average Bonchev–Trinajstić information content (AvgIpc) is 3.24. The van der Waals surface area contributed by atoms with E-state index in [1.54, 1.807) is 51.1 Å². The van der Waals surface area contributed by atoms with Gasteiger partial charge >= 0.3 is 11.9 Å². The van der Waals surface area contributed by atoms with Crippen molar-refractivity contribution in [3.05, 3.63) is 64.7 Å². The Morgan fingerprint density at radius 1 is 1.02 bits per heavy atom. The fraction of sp³-hybridized carbons (Fsp3) is 0.355. The molecule has 1 fully saturated rings. The van der Waals surface area contributed by atoms with Crippen LogP contribution in [-0.2, 0) is 41.8 Å². The summed E-state index contributed by atoms with van der Waals surface area (Å²) in [7, 11) is 0. The molecular formula is C31H31N3O8. The maximum absolute atomic E-state index is 12.8. The first-order chi connectivity index (χ1) is 19.9. The zero-order valence-electron chi connectivity index (χ0n) is 23.6. The summed E-state index contributed by atoms with van der Waals surface area (Å²) in [5.74, 6) is 2.90. The maximum atomic E-state index is 12.8. The number of carbonyl (C=O) groups excluding carboxylic acids is 6. The van der Waals surface area contributed by atoms with Crippen LogP contribution in [0.15, 0.2) is 42.5 Å². The highest BCUT2D eigenvalue weighted by Crippen LogP contribution is 2.28. The van der Waals surface area contributed by atoms with Crippen LogP contribution >= 0.6 is 0 Å². The molecule has 0 radical (unpaired) electrons. The summed E-state index contributed by atoms with van der Waals surface area (Å²) >= 11 is 0. The normalized spacial score (nSPS) is 16.1. The van der Waals surface area contributed by atoms with Crippen LogP contribution in [0.1, 0.15) is 73.5 Å². The Balaban J connectivity index is 1.24. The molecule has 4 amide bonds. The summed E-state index contributed by atoms with van der Waals surface area (Å²) in [4.78, 5) is 74.0. The van der Waals surface area contributed by atoms with Crippen LogP contribution in [0.2, 0.25) is 0 Å². The third-order valence-corrected chi connectivity index (χ3v) is 6.40. The third-order valence-electron chi connectivity index (χ3n) is 6.40. The molecule has 1 unspecified atom stereocenters. The number of nitrogens with one attached hydrogen (secondary N) is 2. The standard InChI is InChI=1S/C31H31N3O8/c1-31(2,3)42-28(38)15-14-27(37)41-22-8-4-19(5-9-22)7-12-25(35)32-17-20-6-10-23-21(16-20)18-34(30(23)40)24-11-13-26(36)33-29(24)39/h4-6,8-10,16,24H,11,13-15,17-18H2,1-3H3,(H,32,35)(H,33,36,39). The van der Waals surface area contributed by atoms with E-state index in [0.717, 1.165) is 11.1 Å². The molecule has 2 N–H and O–H groups in total. The lowest BCUT2D eigenvalue weighted by Crippen LogP contribution is -2.52. The van der Waals surface area contributed by atoms with Crippen molar-refractivity contribution < 1.29 is 38.2 Å². The van der Waals surface area contributed by atoms with Crippen LogP contribution in [0.25, 0.3) is 0 Å². The van der Waals surface area contributed by atoms with E-state index in [9.17, 15) is 28.8 Å². The van der Waals surface area contributed by atoms with E-state index in [1.165, 1.54) is 17.0 Å². The van der Waals surface area contributed by atoms with Gasteiger partial charge in [0.1, 0.15) is 17.4 Å². The van der Waals surface area contributed by atoms with Crippen molar-refractivity contribution in [2.24, 2.45) is 0 Å². The first-order valence-electron chi connectivity index (χ1n) is 13.5. The van der Waals surface area contributed by atoms with Crippen LogP contribution in [0.3, 0.4) is 0 Å². The summed E-state index contributed by atoms with van der Waals surface area (Å²) < 4.78 is 10.4. The minimum absolute atomic E-state index is 0.0842. The molecule has 11 nitrogen and oxygen atoms in total. The Labute approximate surface area is 242 Å². The molecule has 0 saturated carbocycles. The first kappa shape index (κ1) is 30.0. The number of amides is 4. The number of nitrogens with zero attached hydrogens (tertiary/aromatic N) is 1. The minimum atomic E-state index is -0.689. The Hall–Kier alpha value is -4.98. The third kappa shape index (κ3) is 8.04. The highest BCUT2D eigenvalue weighted by molar-refractivity contribution is 6.05. The predicted molar refractivity (Wildman–Crippen MR) is 148 cm³/mol. The van der Waals surface area contributed by atoms with E-state index in [0.29, 0.717) is 11.1 Å². The molecule has 2 aliphatic heterocycles. The Morgan fingerprint density at radius 2 is 1.74 bits per heavy atom. The summed E-state index contributed by atoms with van der Waals surface area (Å²) in [6.45, 7) is 5.67. The molecule has 2 aromatic rings. The SMILES string of the molecule is CC(C)(C)OC(=O)CCC(=O)Oc1ccc(C#CC(=O)NCc2ccc3c(c2)CN(C2CCC(=O)NC2=O)C3=O)cc1. The second kappa shape index (κ2) is 12.7. The number of esters is 2. The predicted octanol–water partition coefficient (Wildman–Crippen LogP) is 2.14. The molecule has 218 valence electrons. The number of piperidine rings is 1. The van der Waals surface area contributed by atoms with Crippen LogP contribution < -0.4 is 15.4 Å². The van der Waals surface area contributed by atoms with Crippen molar-refractivity contribution in [1.29, 1.82) is 0 Å². The van der Waals surface area contributed by atoms with Crippen molar-refractivity contribution in [1.82, 2.24) is 15.5 Å². The number of rotatable bonds is 7. The van der Waals surface area contributed by atoms with Gasteiger partial charge in [0, 0.05) is 36.6 Å². The number of fused-ring (bicyclic) bond motifs is 1. The fourth-order valence-electron chi connectivity index (χ4n) is 4.48. The molecule has 42 heavy (non-hydrogen) atoms. The fourth-order valence-corrected chi connectivity index (χ4v) is 4.48. The van der Waals surface area contributed by atoms with E-state index in [1.807, 2.05) is 0 Å². The summed E-state index contributed by atoms with van der Waals surface area (Å²) in [5, 5.41) is 4.99. The van der Waals surface area contributed by atoms with Crippen molar-refractivity contribution in [3.63, 3.8) is 0 Å². The van der Waals surface area contributed by atoms with Gasteiger partial charge in [-0.05, 0) is 68.7 Å². The number of imide groups is 1. The van der Waals surface area contributed by atoms with Gasteiger partial charge in [0.25, 0.3) is 11.8 Å². The number of hydrogen-bond acceptors (Lipinski definition) is 8. The molecule has 0 aromatic heterocycles. The molecule has 0 spiro atoms. The van der Waals surface area contributed by atoms with Crippen molar-refractivity contribution in [3.8, 4) is 17.6 Å². The summed E-state index contributed by atoms with van der Waals surface area (Å²) in [6, 6.07) is 10.8. The van der Waals surface area contributed by atoms with Gasteiger partial charge < -0.3 is 19.7 Å². The zero-order valence-corrected chi connectivity index (χ0v) is 23.6. The number of benzene rings is 2. The van der Waals surface area contributed by atoms with Crippen molar-refractivity contribution in [2.75, 3.05) is 0 Å². The monoisotopic (exact) mass is 573 g/mol. The number of ether oxygens (including phenoxy) is 2. The number of carbonyl (C=O) groups is 6. The van der Waals surface area contributed by atoms with E-state index >= 15 is 0 Å². The van der Waals surface area contributed by atoms with Crippen LogP contribution in [0, 0.1) is 11.8 Å². The lowest BCUT2D eigenvalue weighted by Gasteiger charge is -2.29. The average molecular weight is 574 g/mol. The molecule has 2 heterocycles. The topological polar surface area (TPSA) is 148 Å². The van der Waals surface area contributed by atoms with Gasteiger partial charge in [-0.25, -0.2) is 0 Å². The van der Waals surface area contributed by atoms with Gasteiger partial charge in [-0.2, -0.15) is 0 Å². The molecule has 1 saturated heterocycles. The highest BCUT2D eigenvalue weighted by atomic mass is 16.6. The van der Waals surface area contributed by atoms with Gasteiger partial charge in [0.2, 0.25) is 11.8 Å². The van der Waals surface area contributed by atoms with E-state index in [4.69, 9.17) is 9.47 Å². The van der Waals surface area contributed by atoms with E-state index in [-0.39, 0.29) is 56.3 Å². The van der Waals surface area contributed by atoms with Crippen LogP contribution in [0.5, 0.6) is 5.75 Å². The second-order valence-corrected chi connectivity index (χ2v) is 10.9. The van der Waals surface area contributed by atoms with Gasteiger partial charge in [0.15, 0.2) is 0 Å². The largest absolute Gasteiger partial charge is 0.460 e. The van der Waals surface area contributed by atoms with E-state index in [2.05, 4.69) is 22.5 Å². The van der Waals surface area contributed by atoms with E-state index < -0.39 is 35.4 Å². The van der Waals surface area contributed by atoms with Gasteiger partial charge in [-0.3, -0.25) is 34.1 Å². The second-order valence-electron chi connectivity index (χ2n) is 10.9. The first-order valence-corrected chi connectivity index (χ1v) is 13.5. The van der Waals surface area contributed by atoms with Gasteiger partial charge in [-0.15, -0.1) is 0 Å². The van der Waals surface area contributed by atoms with Crippen LogP contribution in [0.4, 0.5) is 0 Å². The Morgan fingerprint density at radius 3 is 2.43 bits per heavy atom. The van der Waals surface area contributed by atoms with Crippen molar-refractivity contribution in [2.45, 2.75) is 71.2 Å². The van der Waals surface area contributed by atoms with Gasteiger partial charge in [0.05, 0.1) is 12.8 Å². The minimum Gasteiger partial charge on any atom is -0.460 e. The van der Waals surface area contributed by atoms with Crippen LogP contribution in [-0.4, -0.2) is 52.1 Å². The Kier molecular flexibility index (Phi) is 9.06. The quantitative estimate of drug-likeness (QED) is 0.222. The van der Waals surface area contributed by atoms with Crippen molar-refractivity contribution >= 4 is 35.6 Å². The molecule has 1 atom stereocenters. The molecule has 2 aromatic carbocycles. The molecule has 2 aliphatic rings. The lowest BCUT2D eigenvalue weighted by molar-refractivity contribution is -0.156. The lowest BCUT2D eigenvalue weighted by atomic mass is 10.0.